The van der Waals surface area contributed by atoms with Crippen molar-refractivity contribution in [3.8, 4) is 0 Å². The normalized spacial score (nSPS) is 33.1. The molecule has 8 aliphatic carbocycles. The molecule has 52 heavy (non-hydrogen) atoms. The van der Waals surface area contributed by atoms with Crippen molar-refractivity contribution in [2.75, 3.05) is 0 Å². The van der Waals surface area contributed by atoms with Crippen LogP contribution in [0.1, 0.15) is 99.5 Å². The molecule has 4 unspecified atom stereocenters. The zero-order valence-corrected chi connectivity index (χ0v) is 45.0. The standard InChI is InChI=1S/C19H23BrO2.C10H17NO.C7H7Br.CO2.CH4.I3.I2.HI/c1-11-4-15(20)2-3-16(11)18(21)7-17-13-5-12-6-14(17)10-19(22,8-12)9-13;11-9-7-1-6-2-8(9)5-10(12,3-6)4-7;1-6-3-2-4-7(8)5-6;2-1-3;;1-3-2;1-2;/h2-4,12-14,17,22H,5-10H2,1H3;6-9,12H,1-5,11H2;2-5H,1H3;;1H4;;;1H/q;;;;;-1;;. The van der Waals surface area contributed by atoms with Gasteiger partial charge in [-0.15, -0.1) is 24.0 Å². The molecule has 4 N–H and O–H groups in total. The van der Waals surface area contributed by atoms with E-state index in [0.717, 1.165) is 64.5 Å². The van der Waals surface area contributed by atoms with Gasteiger partial charge in [-0.2, -0.15) is 9.59 Å². The molecule has 296 valence electrons. The first-order valence-corrected chi connectivity index (χ1v) is 37.4. The number of Topliss-reactive ketones (excluding diaryl/α,β-unsaturated/α-hetero) is 1. The summed E-state index contributed by atoms with van der Waals surface area (Å²) in [6.07, 6.45) is 11.9. The van der Waals surface area contributed by atoms with Crippen molar-refractivity contribution in [3.05, 3.63) is 68.1 Å². The van der Waals surface area contributed by atoms with Crippen LogP contribution in [0.4, 0.5) is 0 Å². The first-order valence-electron chi connectivity index (χ1n) is 16.9. The van der Waals surface area contributed by atoms with Gasteiger partial charge >= 0.3 is 56.6 Å². The van der Waals surface area contributed by atoms with Gasteiger partial charge in [-0.3, -0.25) is 4.79 Å². The smallest absolute Gasteiger partial charge is 0.373 e. The first-order chi connectivity index (χ1) is 23.7. The molecular weight excluding hydrogens is 1470 g/mol. The summed E-state index contributed by atoms with van der Waals surface area (Å²) in [6.45, 7) is 4.09. The van der Waals surface area contributed by atoms with Crippen LogP contribution in [0.15, 0.2) is 51.4 Å². The van der Waals surface area contributed by atoms with Crippen molar-refractivity contribution < 1.29 is 37.9 Å². The third-order valence-electron chi connectivity index (χ3n) is 11.6. The summed E-state index contributed by atoms with van der Waals surface area (Å²) in [5.74, 6) is 4.70. The average molecular weight is 1520 g/mol. The maximum Gasteiger partial charge on any atom is 0.373 e. The summed E-state index contributed by atoms with van der Waals surface area (Å²) in [7, 11) is 0. The van der Waals surface area contributed by atoms with Crippen LogP contribution in [0.2, 0.25) is 0 Å². The summed E-state index contributed by atoms with van der Waals surface area (Å²) in [6, 6.07) is 14.5. The molecule has 0 amide bonds. The van der Waals surface area contributed by atoms with Crippen LogP contribution in [0, 0.1) is 55.3 Å². The number of benzene rings is 2. The Morgan fingerprint density at radius 3 is 1.63 bits per heavy atom. The molecular formula is C38H52Br2I6NO5-. The van der Waals surface area contributed by atoms with Crippen LogP contribution in [-0.4, -0.2) is 39.4 Å². The van der Waals surface area contributed by atoms with Crippen LogP contribution in [-0.2, 0) is 9.59 Å². The molecule has 2 aromatic carbocycles. The third-order valence-corrected chi connectivity index (χ3v) is 12.6. The average Bonchev–Trinajstić information content (AvgIpc) is 3.02. The summed E-state index contributed by atoms with van der Waals surface area (Å²) in [5, 5.41) is 20.8. The van der Waals surface area contributed by atoms with Gasteiger partial charge in [-0.1, -0.05) is 63.0 Å². The topological polar surface area (TPSA) is 118 Å². The number of aryl methyl sites for hydroxylation is 2. The Balaban J connectivity index is 0.000000381. The molecule has 0 spiro atoms. The molecule has 10 rings (SSSR count). The van der Waals surface area contributed by atoms with E-state index in [4.69, 9.17) is 15.3 Å². The van der Waals surface area contributed by atoms with E-state index in [1.165, 1.54) is 31.2 Å². The summed E-state index contributed by atoms with van der Waals surface area (Å²) >= 11 is 16.4. The van der Waals surface area contributed by atoms with Gasteiger partial charge < -0.3 is 15.9 Å². The van der Waals surface area contributed by atoms with Gasteiger partial charge in [0.15, 0.2) is 5.78 Å². The van der Waals surface area contributed by atoms with Crippen LogP contribution < -0.4 is 19.0 Å². The number of carbonyl (C=O) groups is 1. The van der Waals surface area contributed by atoms with E-state index in [1.807, 2.05) is 37.3 Å². The molecule has 0 saturated heterocycles. The minimum atomic E-state index is -0.399. The second-order valence-corrected chi connectivity index (χ2v) is 33.2. The van der Waals surface area contributed by atoms with Crippen molar-refractivity contribution in [1.29, 1.82) is 0 Å². The van der Waals surface area contributed by atoms with Crippen molar-refractivity contribution in [2.24, 2.45) is 47.2 Å². The Bertz CT molecular complexity index is 1400. The quantitative estimate of drug-likeness (QED) is 0.209. The predicted molar refractivity (Wildman–Crippen MR) is 258 cm³/mol. The zero-order chi connectivity index (χ0) is 37.2. The largest absolute Gasteiger partial charge is 0.390 e. The third kappa shape index (κ3) is 15.4. The van der Waals surface area contributed by atoms with Gasteiger partial charge in [0.25, 0.3) is 0 Å². The van der Waals surface area contributed by atoms with E-state index in [-0.39, 0.29) is 48.9 Å². The molecule has 6 nitrogen and oxygen atoms in total. The van der Waals surface area contributed by atoms with Gasteiger partial charge in [-0.25, -0.2) is 0 Å². The SMILES string of the molecule is C.Cc1cc(Br)ccc1C(=O)CC1C2CC3CC1CC(O)(C3)C2.Cc1cccc(Br)c1.I.II.I[I-]I.NC1C2CC3CC1CC(O)(C3)C2.O=C=O. The number of halogens is 8. The Labute approximate surface area is 398 Å². The molecule has 2 aromatic rings. The predicted octanol–water partition coefficient (Wildman–Crippen LogP) is 9.38. The Morgan fingerprint density at radius 2 is 1.25 bits per heavy atom. The maximum atomic E-state index is 12.8. The molecule has 8 aliphatic rings. The van der Waals surface area contributed by atoms with E-state index in [0.29, 0.717) is 61.2 Å². The second kappa shape index (κ2) is 25.4. The molecule has 8 fully saturated rings. The molecule has 8 saturated carbocycles. The van der Waals surface area contributed by atoms with Crippen LogP contribution in [0.3, 0.4) is 0 Å². The second-order valence-electron chi connectivity index (χ2n) is 15.2. The van der Waals surface area contributed by atoms with Crippen molar-refractivity contribution in [2.45, 2.75) is 109 Å². The number of carbonyl (C=O) groups excluding carboxylic acids is 3. The van der Waals surface area contributed by atoms with Gasteiger partial charge in [0.05, 0.1) is 11.2 Å². The van der Waals surface area contributed by atoms with Gasteiger partial charge in [-0.05, 0) is 149 Å². The van der Waals surface area contributed by atoms with Crippen LogP contribution in [0.5, 0.6) is 0 Å². The number of hydrogen-bond donors (Lipinski definition) is 3. The molecule has 0 aliphatic heterocycles. The minimum absolute atomic E-state index is 0. The molecule has 8 bridgehead atoms. The monoisotopic (exact) mass is 1520 g/mol. The summed E-state index contributed by atoms with van der Waals surface area (Å²) in [4.78, 5) is 29.0. The van der Waals surface area contributed by atoms with E-state index >= 15 is 0 Å². The van der Waals surface area contributed by atoms with Crippen molar-refractivity contribution in [1.82, 2.24) is 0 Å². The molecule has 0 radical (unpaired) electrons. The number of nitrogens with two attached hydrogens (primary N) is 1. The maximum absolute atomic E-state index is 12.8. The van der Waals surface area contributed by atoms with Gasteiger partial charge in [0.2, 0.25) is 0 Å². The van der Waals surface area contributed by atoms with Gasteiger partial charge in [0.1, 0.15) is 0 Å². The number of aliphatic hydroxyl groups is 2. The van der Waals surface area contributed by atoms with Crippen LogP contribution >= 0.6 is 130 Å². The number of rotatable bonds is 3. The fourth-order valence-corrected chi connectivity index (χ4v) is 11.3. The van der Waals surface area contributed by atoms with E-state index in [1.54, 1.807) is 0 Å². The van der Waals surface area contributed by atoms with E-state index < -0.39 is 5.60 Å². The zero-order valence-electron chi connectivity index (χ0n) is 28.7. The summed E-state index contributed by atoms with van der Waals surface area (Å²) in [5.41, 5.74) is 8.64. The fraction of sp³-hybridized carbons (Fsp3) is 0.632. The molecule has 0 aromatic heterocycles. The molecule has 4 atom stereocenters. The van der Waals surface area contributed by atoms with E-state index in [9.17, 15) is 15.0 Å². The fourth-order valence-electron chi connectivity index (χ4n) is 10.3. The first kappa shape index (κ1) is 52.7. The molecule has 0 heterocycles. The Hall–Kier alpha value is 2.71. The number of hydrogen-bond acceptors (Lipinski definition) is 6. The Morgan fingerprint density at radius 1 is 0.827 bits per heavy atom. The Kier molecular flexibility index (Phi) is 25.7. The molecule has 14 heteroatoms. The summed E-state index contributed by atoms with van der Waals surface area (Å²) < 4.78 is 2.18. The van der Waals surface area contributed by atoms with Gasteiger partial charge in [0, 0.05) is 64.2 Å². The minimum Gasteiger partial charge on any atom is -0.390 e. The van der Waals surface area contributed by atoms with Crippen molar-refractivity contribution in [3.63, 3.8) is 0 Å². The van der Waals surface area contributed by atoms with Crippen LogP contribution in [0.25, 0.3) is 0 Å². The van der Waals surface area contributed by atoms with E-state index in [2.05, 4.69) is 125 Å². The van der Waals surface area contributed by atoms with Crippen molar-refractivity contribution >= 4 is 142 Å². The number of ketones is 1.